The van der Waals surface area contributed by atoms with Crippen molar-refractivity contribution in [3.63, 3.8) is 0 Å². The molecule has 1 aliphatic heterocycles. The van der Waals surface area contributed by atoms with E-state index in [9.17, 15) is 19.5 Å². The van der Waals surface area contributed by atoms with Crippen molar-refractivity contribution in [3.8, 4) is 0 Å². The number of hydrogen-bond acceptors (Lipinski definition) is 4. The van der Waals surface area contributed by atoms with Gasteiger partial charge >= 0.3 is 5.97 Å². The van der Waals surface area contributed by atoms with E-state index in [1.807, 2.05) is 0 Å². The van der Waals surface area contributed by atoms with Crippen molar-refractivity contribution in [2.45, 2.75) is 33.1 Å². The van der Waals surface area contributed by atoms with Gasteiger partial charge in [0.15, 0.2) is 0 Å². The number of nitrogens with zero attached hydrogens (tertiary/aromatic N) is 1. The number of nitrogens with one attached hydrogen (secondary N) is 2. The number of amides is 2. The first kappa shape index (κ1) is 19.4. The fourth-order valence-electron chi connectivity index (χ4n) is 3.97. The van der Waals surface area contributed by atoms with Crippen molar-refractivity contribution in [1.82, 2.24) is 4.90 Å². The van der Waals surface area contributed by atoms with Crippen molar-refractivity contribution < 1.29 is 19.5 Å². The average molecular weight is 373 g/mol. The summed E-state index contributed by atoms with van der Waals surface area (Å²) >= 11 is 0. The van der Waals surface area contributed by atoms with E-state index in [2.05, 4.69) is 15.5 Å². The summed E-state index contributed by atoms with van der Waals surface area (Å²) in [5.41, 5.74) is 0.726. The van der Waals surface area contributed by atoms with Gasteiger partial charge in [0.05, 0.1) is 18.4 Å². The molecule has 2 atom stereocenters. The third-order valence-corrected chi connectivity index (χ3v) is 5.63. The first-order valence-electron chi connectivity index (χ1n) is 9.45. The molecule has 2 aliphatic rings. The van der Waals surface area contributed by atoms with Crippen LogP contribution in [0.4, 0.5) is 11.4 Å². The standard InChI is InChI=1S/C20H27N3O4/c1-20(2)16(17(20)19(26)27)18(25)22-14-8-6-13(7-9-14)21-15(24)12-23-10-4-3-5-11-23/h6-9,16-17H,3-5,10-12H2,1-2H3,(H,21,24)(H,22,25)(H,26,27)/t16-,17+/m1/s1. The predicted octanol–water partition coefficient (Wildman–Crippen LogP) is 2.41. The maximum Gasteiger partial charge on any atom is 0.307 e. The number of anilines is 2. The highest BCUT2D eigenvalue weighted by Crippen LogP contribution is 2.58. The number of piperidine rings is 1. The largest absolute Gasteiger partial charge is 0.481 e. The normalized spacial score (nSPS) is 24.1. The topological polar surface area (TPSA) is 98.7 Å². The highest BCUT2D eigenvalue weighted by molar-refractivity contribution is 6.00. The maximum atomic E-state index is 12.3. The smallest absolute Gasteiger partial charge is 0.307 e. The van der Waals surface area contributed by atoms with E-state index >= 15 is 0 Å². The number of carbonyl (C=O) groups is 3. The number of likely N-dealkylation sites (tertiary alicyclic amines) is 1. The Hall–Kier alpha value is -2.41. The van der Waals surface area contributed by atoms with E-state index < -0.39 is 23.2 Å². The van der Waals surface area contributed by atoms with Crippen LogP contribution < -0.4 is 10.6 Å². The molecule has 27 heavy (non-hydrogen) atoms. The van der Waals surface area contributed by atoms with Gasteiger partial charge in [-0.3, -0.25) is 19.3 Å². The molecule has 146 valence electrons. The number of carbonyl (C=O) groups excluding carboxylic acids is 2. The molecule has 1 aliphatic carbocycles. The zero-order chi connectivity index (χ0) is 19.6. The van der Waals surface area contributed by atoms with E-state index in [1.165, 1.54) is 6.42 Å². The lowest BCUT2D eigenvalue weighted by atomic mass is 10.1. The van der Waals surface area contributed by atoms with Crippen LogP contribution in [-0.4, -0.2) is 47.4 Å². The van der Waals surface area contributed by atoms with Crippen LogP contribution in [0.3, 0.4) is 0 Å². The summed E-state index contributed by atoms with van der Waals surface area (Å²) in [4.78, 5) is 37.8. The van der Waals surface area contributed by atoms with Crippen LogP contribution >= 0.6 is 0 Å². The number of aliphatic carboxylic acids is 1. The molecule has 0 unspecified atom stereocenters. The minimum atomic E-state index is -0.938. The van der Waals surface area contributed by atoms with E-state index in [0.29, 0.717) is 17.9 Å². The number of carboxylic acids is 1. The second-order valence-electron chi connectivity index (χ2n) is 8.07. The summed E-state index contributed by atoms with van der Waals surface area (Å²) in [6, 6.07) is 6.88. The van der Waals surface area contributed by atoms with Gasteiger partial charge in [-0.1, -0.05) is 20.3 Å². The monoisotopic (exact) mass is 373 g/mol. The Morgan fingerprint density at radius 3 is 2.07 bits per heavy atom. The van der Waals surface area contributed by atoms with Gasteiger partial charge in [0, 0.05) is 11.4 Å². The van der Waals surface area contributed by atoms with E-state index in [4.69, 9.17) is 0 Å². The van der Waals surface area contributed by atoms with Crippen molar-refractivity contribution in [2.75, 3.05) is 30.3 Å². The van der Waals surface area contributed by atoms with Crippen LogP contribution in [0.25, 0.3) is 0 Å². The van der Waals surface area contributed by atoms with Gasteiger partial charge < -0.3 is 15.7 Å². The number of benzene rings is 1. The minimum absolute atomic E-state index is 0.0438. The first-order chi connectivity index (χ1) is 12.8. The van der Waals surface area contributed by atoms with Crippen LogP contribution in [0.2, 0.25) is 0 Å². The molecular formula is C20H27N3O4. The fraction of sp³-hybridized carbons (Fsp3) is 0.550. The fourth-order valence-corrected chi connectivity index (χ4v) is 3.97. The SMILES string of the molecule is CC1(C)[C@H](C(=O)O)[C@@H]1C(=O)Nc1ccc(NC(=O)CN2CCCCC2)cc1. The Kier molecular flexibility index (Phi) is 5.51. The van der Waals surface area contributed by atoms with Crippen molar-refractivity contribution in [1.29, 1.82) is 0 Å². The van der Waals surface area contributed by atoms with Crippen LogP contribution in [0.1, 0.15) is 33.1 Å². The van der Waals surface area contributed by atoms with E-state index in [-0.39, 0.29) is 11.8 Å². The molecule has 0 aromatic heterocycles. The molecule has 3 N–H and O–H groups in total. The molecule has 1 aromatic carbocycles. The maximum absolute atomic E-state index is 12.3. The summed E-state index contributed by atoms with van der Waals surface area (Å²) in [7, 11) is 0. The Morgan fingerprint density at radius 1 is 1.00 bits per heavy atom. The Labute approximate surface area is 159 Å². The molecule has 7 heteroatoms. The Balaban J connectivity index is 1.51. The van der Waals surface area contributed by atoms with Crippen molar-refractivity contribution in [2.24, 2.45) is 17.3 Å². The van der Waals surface area contributed by atoms with Crippen LogP contribution in [0, 0.1) is 17.3 Å². The van der Waals surface area contributed by atoms with E-state index in [0.717, 1.165) is 25.9 Å². The summed E-state index contributed by atoms with van der Waals surface area (Å²) < 4.78 is 0. The van der Waals surface area contributed by atoms with Gasteiger partial charge in [-0.15, -0.1) is 0 Å². The summed E-state index contributed by atoms with van der Waals surface area (Å²) in [6.07, 6.45) is 3.51. The summed E-state index contributed by atoms with van der Waals surface area (Å²) in [5.74, 6) is -2.44. The molecular weight excluding hydrogens is 346 g/mol. The lowest BCUT2D eigenvalue weighted by Crippen LogP contribution is -2.36. The Bertz CT molecular complexity index is 723. The molecule has 2 amide bonds. The molecule has 7 nitrogen and oxygen atoms in total. The minimum Gasteiger partial charge on any atom is -0.481 e. The second kappa shape index (κ2) is 7.68. The third-order valence-electron chi connectivity index (χ3n) is 5.63. The molecule has 0 spiro atoms. The predicted molar refractivity (Wildman–Crippen MR) is 102 cm³/mol. The van der Waals surface area contributed by atoms with Crippen LogP contribution in [0.5, 0.6) is 0 Å². The molecule has 0 radical (unpaired) electrons. The van der Waals surface area contributed by atoms with Crippen molar-refractivity contribution >= 4 is 29.2 Å². The number of carboxylic acid groups (broad SMARTS) is 1. The van der Waals surface area contributed by atoms with Gasteiger partial charge in [0.1, 0.15) is 0 Å². The molecule has 0 bridgehead atoms. The molecule has 1 saturated heterocycles. The molecule has 3 rings (SSSR count). The Morgan fingerprint density at radius 2 is 1.56 bits per heavy atom. The van der Waals surface area contributed by atoms with Gasteiger partial charge in [-0.2, -0.15) is 0 Å². The van der Waals surface area contributed by atoms with Crippen LogP contribution in [-0.2, 0) is 14.4 Å². The lowest BCUT2D eigenvalue weighted by molar-refractivity contribution is -0.140. The highest BCUT2D eigenvalue weighted by Gasteiger charge is 2.65. The van der Waals surface area contributed by atoms with E-state index in [1.54, 1.807) is 38.1 Å². The molecule has 1 saturated carbocycles. The first-order valence-corrected chi connectivity index (χ1v) is 9.45. The molecule has 1 heterocycles. The van der Waals surface area contributed by atoms with Gasteiger partial charge in [0.25, 0.3) is 0 Å². The highest BCUT2D eigenvalue weighted by atomic mass is 16.4. The third kappa shape index (κ3) is 4.47. The lowest BCUT2D eigenvalue weighted by Gasteiger charge is -2.25. The summed E-state index contributed by atoms with van der Waals surface area (Å²) in [5, 5.41) is 14.8. The second-order valence-corrected chi connectivity index (χ2v) is 8.07. The van der Waals surface area contributed by atoms with Gasteiger partial charge in [-0.25, -0.2) is 0 Å². The summed E-state index contributed by atoms with van der Waals surface area (Å²) in [6.45, 7) is 5.90. The zero-order valence-corrected chi connectivity index (χ0v) is 15.8. The molecule has 1 aromatic rings. The van der Waals surface area contributed by atoms with Gasteiger partial charge in [-0.05, 0) is 55.6 Å². The quantitative estimate of drug-likeness (QED) is 0.711. The molecule has 2 fully saturated rings. The van der Waals surface area contributed by atoms with Gasteiger partial charge in [0.2, 0.25) is 11.8 Å². The zero-order valence-electron chi connectivity index (χ0n) is 15.8. The number of hydrogen-bond donors (Lipinski definition) is 3. The van der Waals surface area contributed by atoms with Crippen LogP contribution in [0.15, 0.2) is 24.3 Å². The average Bonchev–Trinajstić information content (AvgIpc) is 3.20. The number of rotatable bonds is 6. The van der Waals surface area contributed by atoms with Crippen molar-refractivity contribution in [3.05, 3.63) is 24.3 Å².